The fourth-order valence-electron chi connectivity index (χ4n) is 1.42. The van der Waals surface area contributed by atoms with Crippen molar-refractivity contribution >= 4 is 11.8 Å². The molecule has 1 rings (SSSR count). The minimum absolute atomic E-state index is 0.520. The van der Waals surface area contributed by atoms with Gasteiger partial charge in [-0.3, -0.25) is 0 Å². The summed E-state index contributed by atoms with van der Waals surface area (Å²) in [6.45, 7) is 8.46. The Morgan fingerprint density at radius 1 is 1.50 bits per heavy atom. The van der Waals surface area contributed by atoms with Gasteiger partial charge in [0.1, 0.15) is 0 Å². The summed E-state index contributed by atoms with van der Waals surface area (Å²) in [5, 5.41) is 3.37. The predicted molar refractivity (Wildman–Crippen MR) is 71.8 cm³/mol. The number of nitrogens with zero attached hydrogens (tertiary/aromatic N) is 2. The van der Waals surface area contributed by atoms with Crippen molar-refractivity contribution in [1.82, 2.24) is 14.9 Å². The number of hydrogen-bond acceptors (Lipinski definition) is 3. The number of aryl methyl sites for hydroxylation is 1. The van der Waals surface area contributed by atoms with Crippen molar-refractivity contribution < 1.29 is 0 Å². The zero-order valence-corrected chi connectivity index (χ0v) is 11.4. The van der Waals surface area contributed by atoms with Gasteiger partial charge in [-0.25, -0.2) is 4.98 Å². The second-order valence-electron chi connectivity index (χ2n) is 4.19. The van der Waals surface area contributed by atoms with Crippen LogP contribution < -0.4 is 5.32 Å². The molecule has 92 valence electrons. The maximum absolute atomic E-state index is 4.38. The molecule has 0 unspecified atom stereocenters. The molecule has 0 bridgehead atoms. The topological polar surface area (TPSA) is 29.9 Å². The van der Waals surface area contributed by atoms with Crippen LogP contribution in [0, 0.1) is 0 Å². The Kier molecular flexibility index (Phi) is 6.57. The van der Waals surface area contributed by atoms with Gasteiger partial charge in [0.25, 0.3) is 0 Å². The lowest BCUT2D eigenvalue weighted by molar-refractivity contribution is 0.582. The molecule has 0 amide bonds. The van der Waals surface area contributed by atoms with E-state index in [1.807, 2.05) is 18.1 Å². The minimum atomic E-state index is 0.520. The summed E-state index contributed by atoms with van der Waals surface area (Å²) in [7, 11) is 0. The van der Waals surface area contributed by atoms with Crippen molar-refractivity contribution in [3.05, 3.63) is 18.2 Å². The molecule has 0 radical (unpaired) electrons. The molecule has 0 saturated carbocycles. The average molecular weight is 241 g/mol. The highest BCUT2D eigenvalue weighted by atomic mass is 32.2. The molecular formula is C12H23N3S. The van der Waals surface area contributed by atoms with E-state index in [9.17, 15) is 0 Å². The van der Waals surface area contributed by atoms with Crippen molar-refractivity contribution in [1.29, 1.82) is 0 Å². The van der Waals surface area contributed by atoms with E-state index in [1.165, 1.54) is 17.9 Å². The van der Waals surface area contributed by atoms with Gasteiger partial charge in [-0.15, -0.1) is 0 Å². The minimum Gasteiger partial charge on any atom is -0.337 e. The summed E-state index contributed by atoms with van der Waals surface area (Å²) < 4.78 is 2.19. The number of imidazole rings is 1. The third-order valence-corrected chi connectivity index (χ3v) is 3.27. The van der Waals surface area contributed by atoms with Crippen molar-refractivity contribution in [3.8, 4) is 0 Å². The molecule has 0 saturated heterocycles. The molecular weight excluding hydrogens is 218 g/mol. The molecule has 1 aromatic heterocycles. The Morgan fingerprint density at radius 3 is 3.00 bits per heavy atom. The van der Waals surface area contributed by atoms with Crippen LogP contribution in [0.25, 0.3) is 0 Å². The van der Waals surface area contributed by atoms with Gasteiger partial charge in [-0.2, -0.15) is 11.8 Å². The van der Waals surface area contributed by atoms with Crippen LogP contribution in [0.2, 0.25) is 0 Å². The number of hydrogen-bond donors (Lipinski definition) is 1. The second-order valence-corrected chi connectivity index (χ2v) is 5.58. The summed E-state index contributed by atoms with van der Waals surface area (Å²) in [4.78, 5) is 4.38. The van der Waals surface area contributed by atoms with Gasteiger partial charge in [0.2, 0.25) is 0 Å². The largest absolute Gasteiger partial charge is 0.337 e. The van der Waals surface area contributed by atoms with Crippen LogP contribution in [0.5, 0.6) is 0 Å². The van der Waals surface area contributed by atoms with E-state index in [4.69, 9.17) is 0 Å². The Hall–Kier alpha value is -0.480. The zero-order valence-electron chi connectivity index (χ0n) is 10.6. The van der Waals surface area contributed by atoms with Crippen LogP contribution in [0.1, 0.15) is 32.9 Å². The first-order chi connectivity index (χ1) is 7.72. The van der Waals surface area contributed by atoms with E-state index in [2.05, 4.69) is 41.8 Å². The van der Waals surface area contributed by atoms with Gasteiger partial charge < -0.3 is 9.88 Å². The Bertz CT molecular complexity index is 284. The molecule has 1 aromatic rings. The number of aromatic nitrogens is 2. The van der Waals surface area contributed by atoms with E-state index in [0.29, 0.717) is 6.04 Å². The lowest BCUT2D eigenvalue weighted by atomic mass is 10.3. The van der Waals surface area contributed by atoms with E-state index < -0.39 is 0 Å². The molecule has 1 heterocycles. The normalized spacial score (nSPS) is 11.2. The monoisotopic (exact) mass is 241 g/mol. The standard InChI is InChI=1S/C12H23N3S/c1-4-16-7-5-6-15-9-12(14-10-15)8-13-11(2)3/h9-11,13H,4-8H2,1-3H3. The van der Waals surface area contributed by atoms with Gasteiger partial charge >= 0.3 is 0 Å². The van der Waals surface area contributed by atoms with E-state index >= 15 is 0 Å². The second kappa shape index (κ2) is 7.74. The highest BCUT2D eigenvalue weighted by Crippen LogP contribution is 2.04. The van der Waals surface area contributed by atoms with Crippen molar-refractivity contribution in [2.24, 2.45) is 0 Å². The van der Waals surface area contributed by atoms with Gasteiger partial charge in [-0.05, 0) is 17.9 Å². The quantitative estimate of drug-likeness (QED) is 0.709. The maximum atomic E-state index is 4.38. The van der Waals surface area contributed by atoms with Crippen molar-refractivity contribution in [2.75, 3.05) is 11.5 Å². The molecule has 1 N–H and O–H groups in total. The van der Waals surface area contributed by atoms with Crippen LogP contribution in [0.4, 0.5) is 0 Å². The molecule has 0 aliphatic rings. The first kappa shape index (κ1) is 13.6. The van der Waals surface area contributed by atoms with Gasteiger partial charge in [0.15, 0.2) is 0 Å². The Labute approximate surface area is 103 Å². The molecule has 3 nitrogen and oxygen atoms in total. The smallest absolute Gasteiger partial charge is 0.0949 e. The molecule has 4 heteroatoms. The summed E-state index contributed by atoms with van der Waals surface area (Å²) in [6, 6.07) is 0.520. The molecule has 0 atom stereocenters. The molecule has 0 aliphatic heterocycles. The van der Waals surface area contributed by atoms with E-state index in [1.54, 1.807) is 0 Å². The third kappa shape index (κ3) is 5.56. The average Bonchev–Trinajstić information content (AvgIpc) is 2.70. The maximum Gasteiger partial charge on any atom is 0.0949 e. The zero-order chi connectivity index (χ0) is 11.8. The van der Waals surface area contributed by atoms with E-state index in [-0.39, 0.29) is 0 Å². The molecule has 0 aliphatic carbocycles. The van der Waals surface area contributed by atoms with Crippen molar-refractivity contribution in [2.45, 2.75) is 46.3 Å². The van der Waals surface area contributed by atoms with Crippen LogP contribution in [-0.4, -0.2) is 27.1 Å². The SMILES string of the molecule is CCSCCCn1cnc(CNC(C)C)c1. The predicted octanol–water partition coefficient (Wildman–Crippen LogP) is 2.52. The third-order valence-electron chi connectivity index (χ3n) is 2.29. The Balaban J connectivity index is 2.22. The number of rotatable bonds is 8. The lowest BCUT2D eigenvalue weighted by Crippen LogP contribution is -2.21. The number of nitrogens with one attached hydrogen (secondary N) is 1. The summed E-state index contributed by atoms with van der Waals surface area (Å²) in [5.74, 6) is 2.46. The lowest BCUT2D eigenvalue weighted by Gasteiger charge is -2.05. The van der Waals surface area contributed by atoms with Crippen LogP contribution >= 0.6 is 11.8 Å². The van der Waals surface area contributed by atoms with Gasteiger partial charge in [0, 0.05) is 25.3 Å². The fraction of sp³-hybridized carbons (Fsp3) is 0.750. The first-order valence-corrected chi connectivity index (χ1v) is 7.19. The van der Waals surface area contributed by atoms with Crippen LogP contribution in [-0.2, 0) is 13.1 Å². The van der Waals surface area contributed by atoms with Gasteiger partial charge in [0.05, 0.1) is 12.0 Å². The first-order valence-electron chi connectivity index (χ1n) is 6.04. The fourth-order valence-corrected chi connectivity index (χ4v) is 2.04. The Morgan fingerprint density at radius 2 is 2.31 bits per heavy atom. The molecule has 0 fully saturated rings. The van der Waals surface area contributed by atoms with Crippen molar-refractivity contribution in [3.63, 3.8) is 0 Å². The summed E-state index contributed by atoms with van der Waals surface area (Å²) in [6.07, 6.45) is 5.31. The summed E-state index contributed by atoms with van der Waals surface area (Å²) in [5.41, 5.74) is 1.14. The molecule has 0 spiro atoms. The molecule has 16 heavy (non-hydrogen) atoms. The van der Waals surface area contributed by atoms with E-state index in [0.717, 1.165) is 18.8 Å². The van der Waals surface area contributed by atoms with Crippen LogP contribution in [0.15, 0.2) is 12.5 Å². The molecule has 0 aromatic carbocycles. The number of thioether (sulfide) groups is 1. The highest BCUT2D eigenvalue weighted by Gasteiger charge is 1.99. The van der Waals surface area contributed by atoms with Gasteiger partial charge in [-0.1, -0.05) is 20.8 Å². The van der Waals surface area contributed by atoms with Crippen LogP contribution in [0.3, 0.4) is 0 Å². The summed E-state index contributed by atoms with van der Waals surface area (Å²) >= 11 is 2.00. The highest BCUT2D eigenvalue weighted by molar-refractivity contribution is 7.99.